The van der Waals surface area contributed by atoms with E-state index in [1.165, 1.54) is 19.3 Å². The molecule has 1 unspecified atom stereocenters. The quantitative estimate of drug-likeness (QED) is 0.800. The molecule has 2 nitrogen and oxygen atoms in total. The first-order valence-corrected chi connectivity index (χ1v) is 7.85. The molecule has 0 radical (unpaired) electrons. The highest BCUT2D eigenvalue weighted by atomic mass is 35.5. The smallest absolute Gasteiger partial charge is 0.0637 e. The van der Waals surface area contributed by atoms with E-state index in [2.05, 4.69) is 23.2 Å². The predicted octanol–water partition coefficient (Wildman–Crippen LogP) is 3.96. The van der Waals surface area contributed by atoms with Gasteiger partial charge in [-0.3, -0.25) is 4.90 Å². The van der Waals surface area contributed by atoms with Gasteiger partial charge in [0, 0.05) is 19.1 Å². The third-order valence-electron chi connectivity index (χ3n) is 3.71. The van der Waals surface area contributed by atoms with Crippen LogP contribution in [-0.4, -0.2) is 30.6 Å². The average Bonchev–Trinajstić information content (AvgIpc) is 2.83. The molecule has 0 saturated carbocycles. The van der Waals surface area contributed by atoms with Crippen LogP contribution in [0.3, 0.4) is 0 Å². The molecule has 0 aliphatic carbocycles. The molecular formula is C15H22Cl2N2. The topological polar surface area (TPSA) is 15.3 Å². The molecule has 0 bridgehead atoms. The van der Waals surface area contributed by atoms with Gasteiger partial charge < -0.3 is 5.32 Å². The summed E-state index contributed by atoms with van der Waals surface area (Å²) in [5.74, 6) is 0. The van der Waals surface area contributed by atoms with Crippen LogP contribution in [0, 0.1) is 0 Å². The Morgan fingerprint density at radius 2 is 2.21 bits per heavy atom. The maximum absolute atomic E-state index is 6.27. The summed E-state index contributed by atoms with van der Waals surface area (Å²) >= 11 is 12.3. The number of nitrogens with zero attached hydrogens (tertiary/aromatic N) is 1. The number of halogens is 2. The second kappa shape index (κ2) is 7.49. The molecule has 1 N–H and O–H groups in total. The third-order valence-corrected chi connectivity index (χ3v) is 4.57. The first-order valence-electron chi connectivity index (χ1n) is 7.10. The lowest BCUT2D eigenvalue weighted by molar-refractivity contribution is 0.239. The van der Waals surface area contributed by atoms with Gasteiger partial charge in [-0.05, 0) is 44.0 Å². The summed E-state index contributed by atoms with van der Waals surface area (Å²) < 4.78 is 0. The van der Waals surface area contributed by atoms with Gasteiger partial charge in [-0.1, -0.05) is 42.3 Å². The Morgan fingerprint density at radius 1 is 1.37 bits per heavy atom. The number of likely N-dealkylation sites (tertiary alicyclic amines) is 1. The molecule has 0 amide bonds. The van der Waals surface area contributed by atoms with Gasteiger partial charge in [0.25, 0.3) is 0 Å². The van der Waals surface area contributed by atoms with Crippen molar-refractivity contribution in [3.05, 3.63) is 33.8 Å². The summed E-state index contributed by atoms with van der Waals surface area (Å²) in [6, 6.07) is 6.52. The highest BCUT2D eigenvalue weighted by Gasteiger charge is 2.24. The highest BCUT2D eigenvalue weighted by Crippen LogP contribution is 2.28. The van der Waals surface area contributed by atoms with Crippen molar-refractivity contribution in [3.8, 4) is 0 Å². The van der Waals surface area contributed by atoms with Gasteiger partial charge in [0.2, 0.25) is 0 Å². The molecular weight excluding hydrogens is 279 g/mol. The molecule has 1 atom stereocenters. The number of nitrogens with one attached hydrogen (secondary N) is 1. The van der Waals surface area contributed by atoms with Crippen LogP contribution in [-0.2, 0) is 6.54 Å². The molecule has 1 aromatic carbocycles. The number of rotatable bonds is 6. The van der Waals surface area contributed by atoms with Crippen LogP contribution < -0.4 is 5.32 Å². The maximum Gasteiger partial charge on any atom is 0.0637 e. The van der Waals surface area contributed by atoms with Crippen LogP contribution in [0.5, 0.6) is 0 Å². The van der Waals surface area contributed by atoms with Crippen LogP contribution in [0.4, 0.5) is 0 Å². The van der Waals surface area contributed by atoms with Crippen molar-refractivity contribution in [1.82, 2.24) is 10.2 Å². The molecule has 2 rings (SSSR count). The summed E-state index contributed by atoms with van der Waals surface area (Å²) in [6.45, 7) is 6.43. The molecule has 1 fully saturated rings. The molecule has 19 heavy (non-hydrogen) atoms. The van der Waals surface area contributed by atoms with Gasteiger partial charge >= 0.3 is 0 Å². The van der Waals surface area contributed by atoms with E-state index in [0.29, 0.717) is 16.1 Å². The SMILES string of the molecule is CCCNCC1CCCN1Cc1cccc(Cl)c1Cl. The maximum atomic E-state index is 6.27. The molecule has 1 aliphatic rings. The van der Waals surface area contributed by atoms with E-state index in [1.54, 1.807) is 0 Å². The van der Waals surface area contributed by atoms with Gasteiger partial charge in [0.05, 0.1) is 10.0 Å². The van der Waals surface area contributed by atoms with E-state index >= 15 is 0 Å². The summed E-state index contributed by atoms with van der Waals surface area (Å²) in [5, 5.41) is 4.87. The first kappa shape index (κ1) is 15.1. The zero-order chi connectivity index (χ0) is 13.7. The van der Waals surface area contributed by atoms with Crippen molar-refractivity contribution in [2.75, 3.05) is 19.6 Å². The van der Waals surface area contributed by atoms with E-state index in [9.17, 15) is 0 Å². The Hall–Kier alpha value is -0.280. The summed E-state index contributed by atoms with van der Waals surface area (Å²) in [5.41, 5.74) is 1.14. The van der Waals surface area contributed by atoms with Crippen LogP contribution >= 0.6 is 23.2 Å². The normalized spacial score (nSPS) is 20.1. The van der Waals surface area contributed by atoms with E-state index in [0.717, 1.165) is 31.7 Å². The molecule has 1 saturated heterocycles. The first-order chi connectivity index (χ1) is 9.22. The molecule has 106 valence electrons. The van der Waals surface area contributed by atoms with Gasteiger partial charge in [0.15, 0.2) is 0 Å². The van der Waals surface area contributed by atoms with Crippen molar-refractivity contribution in [2.45, 2.75) is 38.8 Å². The van der Waals surface area contributed by atoms with Crippen LogP contribution in [0.25, 0.3) is 0 Å². The fourth-order valence-electron chi connectivity index (χ4n) is 2.67. The standard InChI is InChI=1S/C15H22Cl2N2/c1-2-8-18-10-13-6-4-9-19(13)11-12-5-3-7-14(16)15(12)17/h3,5,7,13,18H,2,4,6,8-11H2,1H3. The second-order valence-corrected chi connectivity index (χ2v) is 5.97. The largest absolute Gasteiger partial charge is 0.315 e. The van der Waals surface area contributed by atoms with E-state index in [-0.39, 0.29) is 0 Å². The summed E-state index contributed by atoms with van der Waals surface area (Å²) in [4.78, 5) is 2.51. The number of hydrogen-bond acceptors (Lipinski definition) is 2. The molecule has 1 aliphatic heterocycles. The Morgan fingerprint density at radius 3 is 3.00 bits per heavy atom. The van der Waals surface area contributed by atoms with Crippen LogP contribution in [0.2, 0.25) is 10.0 Å². The molecule has 1 aromatic rings. The van der Waals surface area contributed by atoms with Crippen molar-refractivity contribution >= 4 is 23.2 Å². The van der Waals surface area contributed by atoms with Crippen LogP contribution in [0.1, 0.15) is 31.7 Å². The fraction of sp³-hybridized carbons (Fsp3) is 0.600. The van der Waals surface area contributed by atoms with E-state index in [1.807, 2.05) is 12.1 Å². The van der Waals surface area contributed by atoms with Crippen molar-refractivity contribution in [1.29, 1.82) is 0 Å². The highest BCUT2D eigenvalue weighted by molar-refractivity contribution is 6.42. The number of hydrogen-bond donors (Lipinski definition) is 1. The minimum atomic E-state index is 0.626. The van der Waals surface area contributed by atoms with Gasteiger partial charge in [-0.2, -0.15) is 0 Å². The van der Waals surface area contributed by atoms with Gasteiger partial charge in [-0.25, -0.2) is 0 Å². The lowest BCUT2D eigenvalue weighted by atomic mass is 10.1. The Labute approximate surface area is 126 Å². The summed E-state index contributed by atoms with van der Waals surface area (Å²) in [7, 11) is 0. The molecule has 1 heterocycles. The fourth-order valence-corrected chi connectivity index (χ4v) is 3.05. The Balaban J connectivity index is 1.95. The monoisotopic (exact) mass is 300 g/mol. The third kappa shape index (κ3) is 4.09. The van der Waals surface area contributed by atoms with Crippen molar-refractivity contribution in [2.24, 2.45) is 0 Å². The predicted molar refractivity (Wildman–Crippen MR) is 83.1 cm³/mol. The zero-order valence-electron chi connectivity index (χ0n) is 11.5. The van der Waals surface area contributed by atoms with Crippen LogP contribution in [0.15, 0.2) is 18.2 Å². The molecule has 0 aromatic heterocycles. The average molecular weight is 301 g/mol. The van der Waals surface area contributed by atoms with Gasteiger partial charge in [0.1, 0.15) is 0 Å². The lowest BCUT2D eigenvalue weighted by Crippen LogP contribution is -2.37. The van der Waals surface area contributed by atoms with Crippen molar-refractivity contribution < 1.29 is 0 Å². The zero-order valence-corrected chi connectivity index (χ0v) is 13.0. The van der Waals surface area contributed by atoms with Crippen molar-refractivity contribution in [3.63, 3.8) is 0 Å². The summed E-state index contributed by atoms with van der Waals surface area (Å²) in [6.07, 6.45) is 3.73. The number of benzene rings is 1. The Bertz CT molecular complexity index is 409. The minimum Gasteiger partial charge on any atom is -0.315 e. The van der Waals surface area contributed by atoms with Gasteiger partial charge in [-0.15, -0.1) is 0 Å². The van der Waals surface area contributed by atoms with E-state index in [4.69, 9.17) is 23.2 Å². The second-order valence-electron chi connectivity index (χ2n) is 5.18. The Kier molecular flexibility index (Phi) is 5.96. The van der Waals surface area contributed by atoms with E-state index < -0.39 is 0 Å². The molecule has 4 heteroatoms. The minimum absolute atomic E-state index is 0.626. The lowest BCUT2D eigenvalue weighted by Gasteiger charge is -2.25. The molecule has 0 spiro atoms.